The minimum atomic E-state index is 0. The zero-order valence-corrected chi connectivity index (χ0v) is 12.9. The first kappa shape index (κ1) is 36.0. The van der Waals surface area contributed by atoms with Gasteiger partial charge in [0.15, 0.2) is 0 Å². The molecular formula is C10H27ClN4O2. The van der Waals surface area contributed by atoms with Crippen LogP contribution in [-0.4, -0.2) is 78.9 Å². The molecule has 0 spiro atoms. The Hall–Kier alpha value is -0.530. The van der Waals surface area contributed by atoms with E-state index in [2.05, 4.69) is 75.8 Å². The van der Waals surface area contributed by atoms with Crippen molar-refractivity contribution in [2.45, 2.75) is 0 Å². The average molecular weight is 271 g/mol. The molecule has 0 rings (SSSR count). The normalized spacial score (nSPS) is 7.88. The van der Waals surface area contributed by atoms with Crippen LogP contribution < -0.4 is 18.2 Å². The number of hydrogen-bond donors (Lipinski definition) is 1. The van der Waals surface area contributed by atoms with E-state index in [1.54, 1.807) is 0 Å². The molecule has 0 aromatic rings. The fraction of sp³-hybridized carbons (Fsp3) is 0.800. The van der Waals surface area contributed by atoms with Crippen molar-refractivity contribution in [2.75, 3.05) is 56.4 Å². The van der Waals surface area contributed by atoms with Gasteiger partial charge in [-0.3, -0.25) is 9.59 Å². The van der Waals surface area contributed by atoms with Crippen molar-refractivity contribution in [1.82, 2.24) is 0 Å². The molecule has 0 atom stereocenters. The Morgan fingerprint density at radius 1 is 0.647 bits per heavy atom. The second-order valence-corrected chi connectivity index (χ2v) is 5.37. The Morgan fingerprint density at radius 2 is 0.647 bits per heavy atom. The molecule has 3 N–H and O–H groups in total. The Kier molecular flexibility index (Phi) is 52.1. The molecule has 4 radical (unpaired) electrons. The predicted octanol–water partition coefficient (Wildman–Crippen LogP) is -3.23. The lowest BCUT2D eigenvalue weighted by molar-refractivity contribution is -0.849. The number of nitrogens with zero attached hydrogens (tertiary/aromatic N) is 2. The molecule has 0 unspecified atom stereocenters. The van der Waals surface area contributed by atoms with Crippen LogP contribution in [0.4, 0.5) is 0 Å². The van der Waals surface area contributed by atoms with Gasteiger partial charge in [-0.25, -0.2) is 0 Å². The molecule has 17 heavy (non-hydrogen) atoms. The fourth-order valence-electron chi connectivity index (χ4n) is 0. The number of carbonyl (C=O) groups excluding carboxylic acids is 2. The molecule has 7 heteroatoms. The van der Waals surface area contributed by atoms with E-state index in [0.717, 1.165) is 8.97 Å². The van der Waals surface area contributed by atoms with Gasteiger partial charge >= 0.3 is 0 Å². The first-order valence-electron chi connectivity index (χ1n) is 4.27. The van der Waals surface area contributed by atoms with Crippen molar-refractivity contribution in [3.8, 4) is 0 Å². The highest BCUT2D eigenvalue weighted by molar-refractivity contribution is 5.12. The van der Waals surface area contributed by atoms with Gasteiger partial charge in [-0.2, -0.15) is 0 Å². The van der Waals surface area contributed by atoms with Gasteiger partial charge in [-0.1, -0.05) is 0 Å². The van der Waals surface area contributed by atoms with Crippen LogP contribution in [0.1, 0.15) is 0 Å². The average Bonchev–Trinajstić information content (AvgIpc) is 2.08. The molecule has 0 saturated carbocycles. The molecule has 0 aliphatic carbocycles. The smallest absolute Gasteiger partial charge is 0.281 e. The van der Waals surface area contributed by atoms with Gasteiger partial charge in [0.1, 0.15) is 0 Å². The second-order valence-electron chi connectivity index (χ2n) is 5.37. The monoisotopic (exact) mass is 270 g/mol. The lowest BCUT2D eigenvalue weighted by Crippen LogP contribution is -3.00. The standard InChI is InChI=1S/2C4H12N.2CO.ClH.H3N2/c2*1-5(2,3)4;2*1-2;;1-2/h2*1-4H3;;;1H;1H,2H2/q2*+1;;;;-1/p-1. The van der Waals surface area contributed by atoms with Gasteiger partial charge in [0.2, 0.25) is 0 Å². The van der Waals surface area contributed by atoms with Gasteiger partial charge in [-0.05, 0) is 0 Å². The van der Waals surface area contributed by atoms with Crippen molar-refractivity contribution in [2.24, 2.45) is 5.84 Å². The first-order valence-corrected chi connectivity index (χ1v) is 4.27. The number of quaternary nitrogens is 2. The number of halogens is 1. The van der Waals surface area contributed by atoms with Crippen LogP contribution in [0.2, 0.25) is 0 Å². The van der Waals surface area contributed by atoms with Gasteiger partial charge < -0.3 is 33.1 Å². The minimum absolute atomic E-state index is 0. The van der Waals surface area contributed by atoms with E-state index in [0.29, 0.717) is 0 Å². The zero-order chi connectivity index (χ0) is 15.0. The predicted molar refractivity (Wildman–Crippen MR) is 67.8 cm³/mol. The zero-order valence-electron chi connectivity index (χ0n) is 12.2. The Balaban J connectivity index is -0.0000000238. The summed E-state index contributed by atoms with van der Waals surface area (Å²) in [5.74, 6) is 9.00. The summed E-state index contributed by atoms with van der Waals surface area (Å²) < 4.78 is 2.00. The van der Waals surface area contributed by atoms with Crippen molar-refractivity contribution in [1.29, 1.82) is 0 Å². The van der Waals surface area contributed by atoms with E-state index in [4.69, 9.17) is 15.4 Å². The van der Waals surface area contributed by atoms with Crippen LogP contribution in [0.15, 0.2) is 0 Å². The van der Waals surface area contributed by atoms with Gasteiger partial charge in [0.05, 0.1) is 56.4 Å². The highest BCUT2D eigenvalue weighted by atomic mass is 35.5. The Bertz CT molecular complexity index is 87.9. The molecule has 0 aliphatic rings. The summed E-state index contributed by atoms with van der Waals surface area (Å²) in [6.45, 7) is 9.00. The van der Waals surface area contributed by atoms with Crippen LogP contribution in [0.25, 0.3) is 5.84 Å². The third kappa shape index (κ3) is 9990. The topological polar surface area (TPSA) is 84.0 Å². The SMILES string of the molecule is C[N+](C)(C)C.C[N+](C)(C)C.[C]=O.[C]=O.[Cl-].[NH-]N. The summed E-state index contributed by atoms with van der Waals surface area (Å²) in [7, 11) is 17.0. The van der Waals surface area contributed by atoms with Crippen molar-refractivity contribution in [3.63, 3.8) is 0 Å². The van der Waals surface area contributed by atoms with Gasteiger partial charge in [0, 0.05) is 0 Å². The van der Waals surface area contributed by atoms with Crippen LogP contribution in [0.3, 0.4) is 0 Å². The third-order valence-electron chi connectivity index (χ3n) is 0. The van der Waals surface area contributed by atoms with Crippen molar-refractivity contribution < 1.29 is 31.0 Å². The summed E-state index contributed by atoms with van der Waals surface area (Å²) in [5, 5.41) is 0. The van der Waals surface area contributed by atoms with E-state index in [1.807, 2.05) is 0 Å². The molecule has 0 heterocycles. The summed E-state index contributed by atoms with van der Waals surface area (Å²) in [6.07, 6.45) is 0. The van der Waals surface area contributed by atoms with E-state index >= 15 is 0 Å². The van der Waals surface area contributed by atoms with Crippen molar-refractivity contribution >= 4 is 13.6 Å². The number of nitrogens with two attached hydrogens (primary N) is 1. The molecule has 0 fully saturated rings. The molecule has 106 valence electrons. The van der Waals surface area contributed by atoms with E-state index in [-0.39, 0.29) is 12.4 Å². The molecule has 0 amide bonds. The molecule has 0 aromatic carbocycles. The second kappa shape index (κ2) is 24.6. The third-order valence-corrected chi connectivity index (χ3v) is 0. The first-order chi connectivity index (χ1) is 7.00. The molecule has 6 nitrogen and oxygen atoms in total. The summed E-state index contributed by atoms with van der Waals surface area (Å²) in [4.78, 5) is 15.0. The minimum Gasteiger partial charge on any atom is -1.00 e. The van der Waals surface area contributed by atoms with Crippen molar-refractivity contribution in [3.05, 3.63) is 5.84 Å². The van der Waals surface area contributed by atoms with Gasteiger partial charge in [-0.15, -0.1) is 0 Å². The summed E-state index contributed by atoms with van der Waals surface area (Å²) in [6, 6.07) is 0. The summed E-state index contributed by atoms with van der Waals surface area (Å²) >= 11 is 0. The van der Waals surface area contributed by atoms with Crippen LogP contribution >= 0.6 is 0 Å². The molecule has 0 saturated heterocycles. The van der Waals surface area contributed by atoms with E-state index in [9.17, 15) is 0 Å². The molecule has 0 aromatic heterocycles. The van der Waals surface area contributed by atoms with Gasteiger partial charge in [0.25, 0.3) is 13.6 Å². The highest BCUT2D eigenvalue weighted by Gasteiger charge is 1.88. The maximum absolute atomic E-state index is 7.50. The Labute approximate surface area is 113 Å². The fourth-order valence-corrected chi connectivity index (χ4v) is 0. The van der Waals surface area contributed by atoms with E-state index in [1.165, 1.54) is 0 Å². The Morgan fingerprint density at radius 3 is 0.647 bits per heavy atom. The molecule has 0 aliphatic heterocycles. The highest BCUT2D eigenvalue weighted by Crippen LogP contribution is 1.74. The summed E-state index contributed by atoms with van der Waals surface area (Å²) in [5.41, 5.74) is 0. The maximum atomic E-state index is 7.50. The number of nitrogens with one attached hydrogen (secondary N) is 1. The number of hydrogen-bond acceptors (Lipinski definition) is 3. The number of rotatable bonds is 0. The lowest BCUT2D eigenvalue weighted by Gasteiger charge is -2.14. The van der Waals surface area contributed by atoms with Crippen LogP contribution in [-0.2, 0) is 9.59 Å². The van der Waals surface area contributed by atoms with Crippen LogP contribution in [0, 0.1) is 0 Å². The largest absolute Gasteiger partial charge is 1.00 e. The van der Waals surface area contributed by atoms with E-state index < -0.39 is 0 Å². The maximum Gasteiger partial charge on any atom is 0.281 e. The molecule has 0 bridgehead atoms. The quantitative estimate of drug-likeness (QED) is 0.285. The molecular weight excluding hydrogens is 244 g/mol. The van der Waals surface area contributed by atoms with Crippen LogP contribution in [0.5, 0.6) is 0 Å². The lowest BCUT2D eigenvalue weighted by atomic mass is 10.8.